The van der Waals surface area contributed by atoms with Gasteiger partial charge < -0.3 is 9.47 Å². The molecule has 1 saturated heterocycles. The van der Waals surface area contributed by atoms with Gasteiger partial charge >= 0.3 is 5.97 Å². The van der Waals surface area contributed by atoms with Gasteiger partial charge in [0, 0.05) is 29.4 Å². The van der Waals surface area contributed by atoms with E-state index in [4.69, 9.17) is 9.47 Å². The Labute approximate surface area is 271 Å². The number of carbonyl (C=O) groups excluding carboxylic acids is 4. The minimum Gasteiger partial charge on any atom is -0.492 e. The van der Waals surface area contributed by atoms with Gasteiger partial charge in [0.25, 0.3) is 23.4 Å². The maximum atomic E-state index is 14.2. The van der Waals surface area contributed by atoms with Crippen molar-refractivity contribution in [1.82, 2.24) is 14.8 Å². The van der Waals surface area contributed by atoms with E-state index >= 15 is 0 Å². The van der Waals surface area contributed by atoms with E-state index in [0.29, 0.717) is 11.1 Å². The highest BCUT2D eigenvalue weighted by atomic mass is 32.2. The summed E-state index contributed by atoms with van der Waals surface area (Å²) in [4.78, 5) is 72.4. The molecule has 12 nitrogen and oxygen atoms in total. The normalized spacial score (nSPS) is 18.4. The van der Waals surface area contributed by atoms with E-state index in [9.17, 15) is 29.3 Å². The second kappa shape index (κ2) is 12.2. The molecule has 47 heavy (non-hydrogen) atoms. The van der Waals surface area contributed by atoms with Crippen molar-refractivity contribution in [3.8, 4) is 0 Å². The van der Waals surface area contributed by atoms with E-state index in [2.05, 4.69) is 4.98 Å². The highest BCUT2D eigenvalue weighted by molar-refractivity contribution is 7.99. The quantitative estimate of drug-likeness (QED) is 0.0633. The monoisotopic (exact) mass is 648 g/mol. The first-order chi connectivity index (χ1) is 22.8. The first-order valence-electron chi connectivity index (χ1n) is 14.5. The predicted octanol–water partition coefficient (Wildman–Crippen LogP) is 4.53. The SMILES string of the molecule is O=C(OC(c1ccccc1)c1ccccc1)C1=C(CSc2ccncc2)OC[C@@H]2[C@H](N3C(=O)c4ccc([N+](=O)[O-])cc4C3=O)C(=O)N12. The molecule has 1 aromatic heterocycles. The number of β-lactam (4-membered cyclic amide) rings is 1. The number of nitrogens with zero attached hydrogens (tertiary/aromatic N) is 4. The second-order valence-corrected chi connectivity index (χ2v) is 11.9. The molecule has 4 aromatic rings. The Kier molecular flexibility index (Phi) is 7.74. The zero-order valence-corrected chi connectivity index (χ0v) is 25.2. The van der Waals surface area contributed by atoms with Gasteiger partial charge in [0.1, 0.15) is 24.4 Å². The number of rotatable bonds is 9. The number of pyridine rings is 1. The highest BCUT2D eigenvalue weighted by Gasteiger charge is 2.60. The number of nitro groups is 1. The third-order valence-corrected chi connectivity index (χ3v) is 9.17. The van der Waals surface area contributed by atoms with Crippen LogP contribution in [0.2, 0.25) is 0 Å². The summed E-state index contributed by atoms with van der Waals surface area (Å²) in [6.45, 7) is -0.103. The van der Waals surface area contributed by atoms with Gasteiger partial charge in [-0.3, -0.25) is 39.3 Å². The summed E-state index contributed by atoms with van der Waals surface area (Å²) in [7, 11) is 0. The van der Waals surface area contributed by atoms with Gasteiger partial charge in [-0.25, -0.2) is 4.79 Å². The molecular formula is C34H24N4O8S. The van der Waals surface area contributed by atoms with Crippen molar-refractivity contribution in [1.29, 1.82) is 0 Å². The molecule has 0 bridgehead atoms. The lowest BCUT2D eigenvalue weighted by atomic mass is 9.91. The van der Waals surface area contributed by atoms with Crippen LogP contribution in [0.3, 0.4) is 0 Å². The van der Waals surface area contributed by atoms with E-state index < -0.39 is 46.8 Å². The topological polar surface area (TPSA) is 149 Å². The van der Waals surface area contributed by atoms with Gasteiger partial charge in [-0.2, -0.15) is 0 Å². The number of esters is 1. The molecule has 0 radical (unpaired) electrons. The maximum absolute atomic E-state index is 14.2. The molecule has 0 unspecified atom stereocenters. The molecule has 0 saturated carbocycles. The third kappa shape index (κ3) is 5.29. The number of non-ortho nitro benzene ring substituents is 1. The number of thioether (sulfide) groups is 1. The lowest BCUT2D eigenvalue weighted by Gasteiger charge is -2.51. The van der Waals surface area contributed by atoms with Crippen LogP contribution in [0.25, 0.3) is 0 Å². The number of benzene rings is 3. The van der Waals surface area contributed by atoms with Crippen molar-refractivity contribution in [2.24, 2.45) is 0 Å². The molecule has 1 fully saturated rings. The number of ether oxygens (including phenoxy) is 2. The van der Waals surface area contributed by atoms with Crippen LogP contribution in [0, 0.1) is 10.1 Å². The van der Waals surface area contributed by atoms with Crippen molar-refractivity contribution in [3.05, 3.63) is 147 Å². The van der Waals surface area contributed by atoms with Crippen LogP contribution in [-0.4, -0.2) is 67.8 Å². The molecule has 0 aliphatic carbocycles. The molecule has 3 amide bonds. The van der Waals surface area contributed by atoms with Gasteiger partial charge in [-0.1, -0.05) is 60.7 Å². The van der Waals surface area contributed by atoms with E-state index in [1.54, 1.807) is 24.5 Å². The highest BCUT2D eigenvalue weighted by Crippen LogP contribution is 2.41. The molecule has 234 valence electrons. The maximum Gasteiger partial charge on any atom is 0.359 e. The minimum absolute atomic E-state index is 0.0400. The van der Waals surface area contributed by atoms with E-state index in [1.165, 1.54) is 22.7 Å². The van der Waals surface area contributed by atoms with E-state index in [-0.39, 0.29) is 40.6 Å². The minimum atomic E-state index is -1.28. The van der Waals surface area contributed by atoms with Crippen LogP contribution >= 0.6 is 11.8 Å². The molecule has 3 aromatic carbocycles. The molecule has 7 rings (SSSR count). The Bertz CT molecular complexity index is 1920. The van der Waals surface area contributed by atoms with Gasteiger partial charge in [-0.05, 0) is 29.3 Å². The predicted molar refractivity (Wildman–Crippen MR) is 167 cm³/mol. The van der Waals surface area contributed by atoms with Crippen molar-refractivity contribution in [3.63, 3.8) is 0 Å². The molecule has 0 N–H and O–H groups in total. The summed E-state index contributed by atoms with van der Waals surface area (Å²) >= 11 is 1.37. The average molecular weight is 649 g/mol. The number of aromatic nitrogens is 1. The zero-order chi connectivity index (χ0) is 32.7. The smallest absolute Gasteiger partial charge is 0.359 e. The zero-order valence-electron chi connectivity index (χ0n) is 24.4. The largest absolute Gasteiger partial charge is 0.492 e. The van der Waals surface area contributed by atoms with Crippen molar-refractivity contribution in [2.45, 2.75) is 23.1 Å². The summed E-state index contributed by atoms with van der Waals surface area (Å²) in [6.07, 6.45) is 2.45. The number of amides is 3. The summed E-state index contributed by atoms with van der Waals surface area (Å²) in [6, 6.07) is 23.1. The fourth-order valence-corrected chi connectivity index (χ4v) is 6.74. The molecule has 2 atom stereocenters. The molecular weight excluding hydrogens is 624 g/mol. The molecule has 4 heterocycles. The summed E-state index contributed by atoms with van der Waals surface area (Å²) in [5.41, 5.74) is 0.744. The van der Waals surface area contributed by atoms with Crippen LogP contribution in [0.4, 0.5) is 5.69 Å². The van der Waals surface area contributed by atoms with Crippen molar-refractivity contribution in [2.75, 3.05) is 12.4 Å². The van der Waals surface area contributed by atoms with Crippen LogP contribution in [0.5, 0.6) is 0 Å². The first kappa shape index (κ1) is 29.9. The average Bonchev–Trinajstić information content (AvgIpc) is 3.34. The fraction of sp³-hybridized carbons (Fsp3) is 0.147. The standard InChI is InChI=1S/C34H24N4O8S/c39-31-24-12-11-22(38(43)44)17-25(24)32(40)37(31)28-26-18-45-27(19-47-23-13-15-35-16-14-23)29(36(26)33(28)41)34(42)46-30(20-7-3-1-4-8-20)21-9-5-2-6-10-21/h1-17,26,28,30H,18-19H2/t26-,28+/m1/s1. The Morgan fingerprint density at radius 1 is 0.915 bits per heavy atom. The first-order valence-corrected chi connectivity index (χ1v) is 15.5. The van der Waals surface area contributed by atoms with Crippen LogP contribution in [0.1, 0.15) is 37.9 Å². The van der Waals surface area contributed by atoms with Crippen molar-refractivity contribution < 1.29 is 33.6 Å². The lowest BCUT2D eigenvalue weighted by molar-refractivity contribution is -0.384. The number of fused-ring (bicyclic) bond motifs is 2. The molecule has 13 heteroatoms. The molecule has 3 aliphatic rings. The fourth-order valence-electron chi connectivity index (χ4n) is 5.91. The van der Waals surface area contributed by atoms with Crippen LogP contribution in [-0.2, 0) is 19.1 Å². The number of nitro benzene ring substituents is 1. The number of hydrogen-bond acceptors (Lipinski definition) is 10. The number of carbonyl (C=O) groups is 4. The second-order valence-electron chi connectivity index (χ2n) is 10.8. The summed E-state index contributed by atoms with van der Waals surface area (Å²) in [5, 5.41) is 11.3. The van der Waals surface area contributed by atoms with Crippen LogP contribution in [0.15, 0.2) is 120 Å². The third-order valence-electron chi connectivity index (χ3n) is 8.15. The summed E-state index contributed by atoms with van der Waals surface area (Å²) in [5.74, 6) is -2.68. The number of hydrogen-bond donors (Lipinski definition) is 0. The van der Waals surface area contributed by atoms with Crippen LogP contribution < -0.4 is 0 Å². The number of imide groups is 1. The Hall–Kier alpha value is -5.82. The Morgan fingerprint density at radius 2 is 1.55 bits per heavy atom. The van der Waals surface area contributed by atoms with Gasteiger partial charge in [0.15, 0.2) is 11.8 Å². The Balaban J connectivity index is 1.22. The molecule has 3 aliphatic heterocycles. The van der Waals surface area contributed by atoms with E-state index in [1.807, 2.05) is 60.7 Å². The molecule has 0 spiro atoms. The van der Waals surface area contributed by atoms with Gasteiger partial charge in [-0.15, -0.1) is 11.8 Å². The lowest BCUT2D eigenvalue weighted by Crippen LogP contribution is -2.74. The summed E-state index contributed by atoms with van der Waals surface area (Å²) < 4.78 is 12.2. The Morgan fingerprint density at radius 3 is 2.19 bits per heavy atom. The van der Waals surface area contributed by atoms with Crippen molar-refractivity contribution >= 4 is 41.1 Å². The van der Waals surface area contributed by atoms with E-state index in [0.717, 1.165) is 21.9 Å². The van der Waals surface area contributed by atoms with Gasteiger partial charge in [0.2, 0.25) is 0 Å². The van der Waals surface area contributed by atoms with Gasteiger partial charge in [0.05, 0.1) is 21.8 Å².